The van der Waals surface area contributed by atoms with Gasteiger partial charge in [0.1, 0.15) is 15.5 Å². The van der Waals surface area contributed by atoms with Crippen LogP contribution in [-0.4, -0.2) is 24.9 Å². The first-order valence-electron chi connectivity index (χ1n) is 1.89. The third-order valence-electron chi connectivity index (χ3n) is 0.603. The molecule has 4 N–H and O–H groups in total. The van der Waals surface area contributed by atoms with E-state index < -0.39 is 15.5 Å². The van der Waals surface area contributed by atoms with Crippen molar-refractivity contribution in [2.75, 3.05) is 6.54 Å². The largest absolute Gasteiger partial charge is 1.00 e. The van der Waals surface area contributed by atoms with E-state index >= 15 is 0 Å². The molecule has 0 radical (unpaired) electrons. The molecule has 0 bridgehead atoms. The van der Waals surface area contributed by atoms with Crippen molar-refractivity contribution >= 4 is 10.1 Å². The summed E-state index contributed by atoms with van der Waals surface area (Å²) in [6.45, 7) is -0.328. The van der Waals surface area contributed by atoms with Crippen LogP contribution < -0.4 is 41.0 Å². The summed E-state index contributed by atoms with van der Waals surface area (Å²) in [6, 6.07) is 0. The van der Waals surface area contributed by atoms with Crippen LogP contribution in [0.25, 0.3) is 0 Å². The molecule has 50 valence electrons. The van der Waals surface area contributed by atoms with Gasteiger partial charge in [-0.2, -0.15) is 0 Å². The third-order valence-corrected chi connectivity index (χ3v) is 1.54. The Morgan fingerprint density at radius 1 is 1.56 bits per heavy atom. The van der Waals surface area contributed by atoms with Gasteiger partial charge in [0.05, 0.1) is 0 Å². The Bertz CT molecular complexity index is 155. The van der Waals surface area contributed by atoms with Crippen LogP contribution in [-0.2, 0) is 10.1 Å². The van der Waals surface area contributed by atoms with Crippen molar-refractivity contribution in [2.45, 2.75) is 5.37 Å². The van der Waals surface area contributed by atoms with Crippen molar-refractivity contribution < 1.29 is 42.5 Å². The summed E-state index contributed by atoms with van der Waals surface area (Å²) in [5, 5.41) is -1.46. The van der Waals surface area contributed by atoms with Gasteiger partial charge in [-0.3, -0.25) is 0 Å². The second-order valence-corrected chi connectivity index (χ2v) is 2.86. The van der Waals surface area contributed by atoms with E-state index in [4.69, 9.17) is 11.5 Å². The average Bonchev–Trinajstić information content (AvgIpc) is 1.62. The van der Waals surface area contributed by atoms with Crippen LogP contribution in [0.15, 0.2) is 0 Å². The molecular weight excluding hydrogens is 155 g/mol. The molecule has 0 saturated heterocycles. The second kappa shape index (κ2) is 4.62. The van der Waals surface area contributed by atoms with E-state index in [1.165, 1.54) is 0 Å². The minimum absolute atomic E-state index is 0. The van der Waals surface area contributed by atoms with E-state index in [0.717, 1.165) is 0 Å². The minimum atomic E-state index is -4.35. The van der Waals surface area contributed by atoms with Gasteiger partial charge < -0.3 is 16.0 Å². The number of hydrogen-bond acceptors (Lipinski definition) is 5. The van der Waals surface area contributed by atoms with E-state index in [0.29, 0.717) is 0 Å². The van der Waals surface area contributed by atoms with Gasteiger partial charge in [-0.15, -0.1) is 0 Å². The van der Waals surface area contributed by atoms with Crippen LogP contribution in [0.1, 0.15) is 0 Å². The molecule has 0 aliphatic carbocycles. The first kappa shape index (κ1) is 12.5. The maximum absolute atomic E-state index is 9.80. The molecule has 0 heterocycles. The van der Waals surface area contributed by atoms with Gasteiger partial charge in [0.25, 0.3) is 0 Å². The molecule has 0 aliphatic heterocycles. The molecule has 0 amide bonds. The van der Waals surface area contributed by atoms with Gasteiger partial charge in [0.15, 0.2) is 0 Å². The van der Waals surface area contributed by atoms with Crippen LogP contribution in [0, 0.1) is 0 Å². The Labute approximate surface area is 75.8 Å². The van der Waals surface area contributed by atoms with Gasteiger partial charge >= 0.3 is 29.6 Å². The van der Waals surface area contributed by atoms with E-state index in [1.807, 2.05) is 0 Å². The predicted octanol–water partition coefficient (Wildman–Crippen LogP) is -5.22. The molecule has 0 spiro atoms. The van der Waals surface area contributed by atoms with Crippen LogP contribution in [0.2, 0.25) is 0 Å². The fourth-order valence-electron chi connectivity index (χ4n) is 0.118. The van der Waals surface area contributed by atoms with Gasteiger partial charge in [-0.25, -0.2) is 8.42 Å². The van der Waals surface area contributed by atoms with Gasteiger partial charge in [-0.05, 0) is 0 Å². The monoisotopic (exact) mass is 162 g/mol. The van der Waals surface area contributed by atoms with Crippen LogP contribution in [0.5, 0.6) is 0 Å². The fourth-order valence-corrected chi connectivity index (χ4v) is 0.354. The van der Waals surface area contributed by atoms with Gasteiger partial charge in [0.2, 0.25) is 0 Å². The van der Waals surface area contributed by atoms with Gasteiger partial charge in [-0.1, -0.05) is 0 Å². The van der Waals surface area contributed by atoms with E-state index in [1.54, 1.807) is 0 Å². The zero-order chi connectivity index (χ0) is 6.78. The SMILES string of the molecule is NCC(N)S(=O)(=O)[O-].[Na+]. The summed E-state index contributed by atoms with van der Waals surface area (Å²) in [5.41, 5.74) is 9.48. The van der Waals surface area contributed by atoms with Crippen molar-refractivity contribution in [1.29, 1.82) is 0 Å². The summed E-state index contributed by atoms with van der Waals surface area (Å²) in [4.78, 5) is 0. The van der Waals surface area contributed by atoms with Crippen LogP contribution in [0.3, 0.4) is 0 Å². The molecule has 0 aromatic rings. The molecule has 0 fully saturated rings. The van der Waals surface area contributed by atoms with E-state index in [9.17, 15) is 13.0 Å². The van der Waals surface area contributed by atoms with Crippen molar-refractivity contribution in [3.63, 3.8) is 0 Å². The van der Waals surface area contributed by atoms with Crippen molar-refractivity contribution in [1.82, 2.24) is 0 Å². The molecule has 1 atom stereocenters. The number of nitrogens with two attached hydrogens (primary N) is 2. The summed E-state index contributed by atoms with van der Waals surface area (Å²) in [7, 11) is -4.35. The molecule has 5 nitrogen and oxygen atoms in total. The Balaban J connectivity index is 0. The number of rotatable bonds is 2. The van der Waals surface area contributed by atoms with Crippen molar-refractivity contribution in [2.24, 2.45) is 11.5 Å². The summed E-state index contributed by atoms with van der Waals surface area (Å²) >= 11 is 0. The van der Waals surface area contributed by atoms with Crippen molar-refractivity contribution in [3.8, 4) is 0 Å². The number of hydrogen-bond donors (Lipinski definition) is 2. The van der Waals surface area contributed by atoms with Gasteiger partial charge in [0, 0.05) is 6.54 Å². The Morgan fingerprint density at radius 2 is 1.89 bits per heavy atom. The zero-order valence-electron chi connectivity index (χ0n) is 5.07. The maximum atomic E-state index is 9.80. The molecule has 7 heteroatoms. The predicted molar refractivity (Wildman–Crippen MR) is 26.7 cm³/mol. The Hall–Kier alpha value is 0.830. The normalized spacial score (nSPS) is 14.1. The molecule has 9 heavy (non-hydrogen) atoms. The molecule has 0 aliphatic rings. The molecule has 0 aromatic heterocycles. The summed E-state index contributed by atoms with van der Waals surface area (Å²) in [6.07, 6.45) is 0. The smallest absolute Gasteiger partial charge is 0.747 e. The second-order valence-electron chi connectivity index (χ2n) is 1.27. The van der Waals surface area contributed by atoms with Crippen LogP contribution >= 0.6 is 0 Å². The Kier molecular flexibility index (Phi) is 6.41. The topological polar surface area (TPSA) is 109 Å². The zero-order valence-corrected chi connectivity index (χ0v) is 7.89. The Morgan fingerprint density at radius 3 is 1.89 bits per heavy atom. The molecule has 0 rings (SSSR count). The first-order valence-corrected chi connectivity index (χ1v) is 3.36. The molecule has 1 unspecified atom stereocenters. The quantitative estimate of drug-likeness (QED) is 0.311. The standard InChI is InChI=1S/C2H8N2O3S.Na/c3-1-2(4)8(5,6)7;/h2H,1,3-4H2,(H,5,6,7);/q;+1/p-1. The molecular formula is C2H7N2NaO3S. The summed E-state index contributed by atoms with van der Waals surface area (Å²) in [5.74, 6) is 0. The molecule has 0 saturated carbocycles. The van der Waals surface area contributed by atoms with Crippen LogP contribution in [0.4, 0.5) is 0 Å². The fraction of sp³-hybridized carbons (Fsp3) is 1.00. The summed E-state index contributed by atoms with van der Waals surface area (Å²) < 4.78 is 29.4. The van der Waals surface area contributed by atoms with Crippen molar-refractivity contribution in [3.05, 3.63) is 0 Å². The average molecular weight is 162 g/mol. The maximum Gasteiger partial charge on any atom is 1.00 e. The van der Waals surface area contributed by atoms with E-state index in [-0.39, 0.29) is 36.1 Å². The third kappa shape index (κ3) is 5.28. The molecule has 0 aromatic carbocycles. The van der Waals surface area contributed by atoms with E-state index in [2.05, 4.69) is 0 Å². The minimum Gasteiger partial charge on any atom is -0.747 e. The first-order chi connectivity index (χ1) is 3.48.